The second kappa shape index (κ2) is 8.75. The van der Waals surface area contributed by atoms with Crippen LogP contribution < -0.4 is 10.1 Å². The number of nitrogens with one attached hydrogen (secondary N) is 1. The van der Waals surface area contributed by atoms with Gasteiger partial charge in [0.1, 0.15) is 5.75 Å². The minimum absolute atomic E-state index is 0.701. The number of rotatable bonds is 7. The zero-order chi connectivity index (χ0) is 15.0. The van der Waals surface area contributed by atoms with Crippen LogP contribution in [0.5, 0.6) is 5.75 Å². The zero-order valence-electron chi connectivity index (χ0n) is 13.1. The van der Waals surface area contributed by atoms with E-state index in [1.807, 2.05) is 26.1 Å². The molecule has 0 heterocycles. The molecule has 3 heteroatoms. The first kappa shape index (κ1) is 16.7. The number of hydrogen-bond acceptors (Lipinski definition) is 3. The van der Waals surface area contributed by atoms with Gasteiger partial charge in [0.25, 0.3) is 0 Å². The van der Waals surface area contributed by atoms with E-state index in [-0.39, 0.29) is 0 Å². The second-order valence-electron chi connectivity index (χ2n) is 4.43. The number of benzene rings is 1. The van der Waals surface area contributed by atoms with Crippen LogP contribution in [-0.2, 0) is 0 Å². The molecule has 0 aliphatic heterocycles. The first-order chi connectivity index (χ1) is 9.65. The van der Waals surface area contributed by atoms with E-state index in [1.165, 1.54) is 21.1 Å². The molecule has 0 saturated carbocycles. The van der Waals surface area contributed by atoms with Gasteiger partial charge in [-0.2, -0.15) is 0 Å². The molecule has 1 N–H and O–H groups in total. The van der Waals surface area contributed by atoms with Gasteiger partial charge in [0.2, 0.25) is 0 Å². The Balaban J connectivity index is 2.91. The maximum atomic E-state index is 5.48. The molecule has 0 bridgehead atoms. The van der Waals surface area contributed by atoms with Gasteiger partial charge in [0.15, 0.2) is 0 Å². The van der Waals surface area contributed by atoms with Crippen molar-refractivity contribution in [1.29, 1.82) is 0 Å². The highest BCUT2D eigenvalue weighted by atomic mass is 32.2. The Labute approximate surface area is 127 Å². The summed E-state index contributed by atoms with van der Waals surface area (Å²) in [4.78, 5) is 1.25. The molecule has 0 unspecified atom stereocenters. The highest BCUT2D eigenvalue weighted by Crippen LogP contribution is 2.34. The topological polar surface area (TPSA) is 21.3 Å². The Morgan fingerprint density at radius 1 is 1.25 bits per heavy atom. The first-order valence-corrected chi connectivity index (χ1v) is 7.92. The minimum Gasteiger partial charge on any atom is -0.494 e. The lowest BCUT2D eigenvalue weighted by atomic mass is 10.2. The fourth-order valence-corrected chi connectivity index (χ4v) is 2.80. The normalized spacial score (nSPS) is 12.9. The summed E-state index contributed by atoms with van der Waals surface area (Å²) in [7, 11) is 1.98. The van der Waals surface area contributed by atoms with E-state index >= 15 is 0 Å². The Hall–Kier alpha value is -1.35. The molecule has 0 aliphatic carbocycles. The van der Waals surface area contributed by atoms with Crippen LogP contribution in [0, 0.1) is 0 Å². The van der Waals surface area contributed by atoms with Crippen molar-refractivity contribution in [2.24, 2.45) is 0 Å². The van der Waals surface area contributed by atoms with Gasteiger partial charge in [-0.15, -0.1) is 0 Å². The molecule has 0 spiro atoms. The first-order valence-electron chi connectivity index (χ1n) is 7.11. The lowest BCUT2D eigenvalue weighted by molar-refractivity contribution is 0.340. The summed E-state index contributed by atoms with van der Waals surface area (Å²) < 4.78 is 5.48. The lowest BCUT2D eigenvalue weighted by Gasteiger charge is -2.13. The number of thioether (sulfide) groups is 1. The summed E-state index contributed by atoms with van der Waals surface area (Å²) >= 11 is 1.78. The number of allylic oxidation sites excluding steroid dienone is 2. The standard InChI is InChI=1S/C17H25NOS/c1-6-13(4)17(18-5)20-16(7-2)14-9-11-15(12-10-14)19-8-3/h7,9-12,18H,6,8H2,1-5H3/b16-7-,17-13?. The summed E-state index contributed by atoms with van der Waals surface area (Å²) in [6.07, 6.45) is 3.21. The molecule has 1 aromatic carbocycles. The van der Waals surface area contributed by atoms with Crippen LogP contribution in [0.25, 0.3) is 4.91 Å². The van der Waals surface area contributed by atoms with Crippen molar-refractivity contribution in [3.05, 3.63) is 46.5 Å². The van der Waals surface area contributed by atoms with Gasteiger partial charge < -0.3 is 10.1 Å². The van der Waals surface area contributed by atoms with E-state index in [4.69, 9.17) is 4.74 Å². The van der Waals surface area contributed by atoms with Gasteiger partial charge >= 0.3 is 0 Å². The Kier molecular flexibility index (Phi) is 7.31. The minimum atomic E-state index is 0.701. The van der Waals surface area contributed by atoms with Gasteiger partial charge in [0, 0.05) is 12.0 Å². The average Bonchev–Trinajstić information content (AvgIpc) is 2.49. The van der Waals surface area contributed by atoms with E-state index < -0.39 is 0 Å². The fraction of sp³-hybridized carbons (Fsp3) is 0.412. The average molecular weight is 291 g/mol. The van der Waals surface area contributed by atoms with Crippen LogP contribution in [0.1, 0.15) is 39.7 Å². The molecule has 2 nitrogen and oxygen atoms in total. The van der Waals surface area contributed by atoms with Crippen molar-refractivity contribution < 1.29 is 4.74 Å². The van der Waals surface area contributed by atoms with Crippen molar-refractivity contribution in [3.8, 4) is 5.75 Å². The van der Waals surface area contributed by atoms with Gasteiger partial charge in [-0.05, 0) is 50.5 Å². The molecule has 1 aromatic rings. The quantitative estimate of drug-likeness (QED) is 0.760. The molecule has 0 atom stereocenters. The molecule has 0 radical (unpaired) electrons. The maximum Gasteiger partial charge on any atom is 0.119 e. The number of ether oxygens (including phenoxy) is 1. The van der Waals surface area contributed by atoms with E-state index in [9.17, 15) is 0 Å². The molecule has 0 aliphatic rings. The predicted octanol–water partition coefficient (Wildman–Crippen LogP) is 5.04. The molecule has 110 valence electrons. The summed E-state index contributed by atoms with van der Waals surface area (Å²) in [6.45, 7) is 9.13. The molecule has 1 rings (SSSR count). The third kappa shape index (κ3) is 4.64. The molecule has 0 saturated heterocycles. The summed E-state index contributed by atoms with van der Waals surface area (Å²) in [5, 5.41) is 4.53. The monoisotopic (exact) mass is 291 g/mol. The highest BCUT2D eigenvalue weighted by molar-refractivity contribution is 8.11. The summed E-state index contributed by atoms with van der Waals surface area (Å²) in [5.74, 6) is 0.922. The van der Waals surface area contributed by atoms with E-state index in [1.54, 1.807) is 11.8 Å². The van der Waals surface area contributed by atoms with Crippen LogP contribution in [0.2, 0.25) is 0 Å². The van der Waals surface area contributed by atoms with Crippen molar-refractivity contribution >= 4 is 16.7 Å². The Morgan fingerprint density at radius 3 is 2.35 bits per heavy atom. The largest absolute Gasteiger partial charge is 0.494 e. The molecule has 0 amide bonds. The van der Waals surface area contributed by atoms with Crippen molar-refractivity contribution in [3.63, 3.8) is 0 Å². The summed E-state index contributed by atoms with van der Waals surface area (Å²) in [5.41, 5.74) is 2.60. The second-order valence-corrected chi connectivity index (χ2v) is 5.48. The Bertz CT molecular complexity index is 474. The van der Waals surface area contributed by atoms with Crippen LogP contribution in [0.3, 0.4) is 0 Å². The lowest BCUT2D eigenvalue weighted by Crippen LogP contribution is -2.05. The molecule has 0 fully saturated rings. The van der Waals surface area contributed by atoms with Crippen LogP contribution in [0.4, 0.5) is 0 Å². The smallest absolute Gasteiger partial charge is 0.119 e. The maximum absolute atomic E-state index is 5.48. The van der Waals surface area contributed by atoms with Crippen molar-refractivity contribution in [2.45, 2.75) is 34.1 Å². The van der Waals surface area contributed by atoms with E-state index in [2.05, 4.69) is 44.3 Å². The van der Waals surface area contributed by atoms with E-state index in [0.29, 0.717) is 6.61 Å². The van der Waals surface area contributed by atoms with E-state index in [0.717, 1.165) is 12.2 Å². The van der Waals surface area contributed by atoms with Crippen molar-refractivity contribution in [2.75, 3.05) is 13.7 Å². The predicted molar refractivity (Wildman–Crippen MR) is 90.9 cm³/mol. The SMILES string of the molecule is C/C=C(\SC(NC)=C(C)CC)c1ccc(OCC)cc1. The zero-order valence-corrected chi connectivity index (χ0v) is 13.9. The van der Waals surface area contributed by atoms with Gasteiger partial charge in [-0.25, -0.2) is 0 Å². The van der Waals surface area contributed by atoms with Crippen LogP contribution in [-0.4, -0.2) is 13.7 Å². The van der Waals surface area contributed by atoms with Gasteiger partial charge in [-0.3, -0.25) is 0 Å². The van der Waals surface area contributed by atoms with Gasteiger partial charge in [-0.1, -0.05) is 36.9 Å². The molecule has 0 aromatic heterocycles. The molecular weight excluding hydrogens is 266 g/mol. The molecular formula is C17H25NOS. The summed E-state index contributed by atoms with van der Waals surface area (Å²) in [6, 6.07) is 8.28. The third-order valence-electron chi connectivity index (χ3n) is 3.07. The highest BCUT2D eigenvalue weighted by Gasteiger charge is 2.07. The van der Waals surface area contributed by atoms with Gasteiger partial charge in [0.05, 0.1) is 11.6 Å². The van der Waals surface area contributed by atoms with Crippen molar-refractivity contribution in [1.82, 2.24) is 5.32 Å². The molecule has 20 heavy (non-hydrogen) atoms. The number of hydrogen-bond donors (Lipinski definition) is 1. The van der Waals surface area contributed by atoms with Crippen LogP contribution in [0.15, 0.2) is 40.9 Å². The third-order valence-corrected chi connectivity index (χ3v) is 4.52. The Morgan fingerprint density at radius 2 is 1.90 bits per heavy atom. The fourth-order valence-electron chi connectivity index (χ4n) is 1.79. The van der Waals surface area contributed by atoms with Crippen LogP contribution >= 0.6 is 11.8 Å².